The molecule has 1 aliphatic carbocycles. The summed E-state index contributed by atoms with van der Waals surface area (Å²) in [6.07, 6.45) is -1.08. The lowest BCUT2D eigenvalue weighted by Gasteiger charge is -2.14. The first-order chi connectivity index (χ1) is 5.18. The predicted molar refractivity (Wildman–Crippen MR) is 40.0 cm³/mol. The van der Waals surface area contributed by atoms with Gasteiger partial charge in [0.05, 0.1) is 6.10 Å². The minimum absolute atomic E-state index is 0.204. The van der Waals surface area contributed by atoms with Gasteiger partial charge in [0.15, 0.2) is 0 Å². The van der Waals surface area contributed by atoms with Gasteiger partial charge in [-0.15, -0.1) is 0 Å². The minimum atomic E-state index is -0.960. The Labute approximate surface area is 66.0 Å². The maximum atomic E-state index is 12.9. The van der Waals surface area contributed by atoms with Crippen LogP contribution in [0.3, 0.4) is 0 Å². The van der Waals surface area contributed by atoms with Crippen molar-refractivity contribution in [2.24, 2.45) is 11.8 Å². The Morgan fingerprint density at radius 3 is 2.82 bits per heavy atom. The molecule has 1 aliphatic heterocycles. The van der Waals surface area contributed by atoms with Crippen LogP contribution >= 0.6 is 0 Å². The number of halogens is 1. The fourth-order valence-corrected chi connectivity index (χ4v) is 2.45. The number of likely N-dealkylation sites (tertiary alicyclic amines) is 1. The molecular formula is C8H14FNO. The van der Waals surface area contributed by atoms with Crippen LogP contribution in [0.2, 0.25) is 0 Å². The van der Waals surface area contributed by atoms with Gasteiger partial charge in [-0.2, -0.15) is 0 Å². The van der Waals surface area contributed by atoms with Crippen LogP contribution < -0.4 is 0 Å². The standard InChI is InChI=1S/C8H14FNO/c1-10-3-5-2-7(9)8(11)6(5)4-10/h5-8,11H,2-4H2,1H3/t5-,6+,7+,8+/m0/s1. The van der Waals surface area contributed by atoms with E-state index in [-0.39, 0.29) is 5.92 Å². The first-order valence-corrected chi connectivity index (χ1v) is 4.19. The molecule has 2 fully saturated rings. The molecule has 0 bridgehead atoms. The van der Waals surface area contributed by atoms with Gasteiger partial charge < -0.3 is 10.0 Å². The van der Waals surface area contributed by atoms with Gasteiger partial charge in [-0.05, 0) is 19.4 Å². The third-order valence-corrected chi connectivity index (χ3v) is 3.01. The summed E-state index contributed by atoms with van der Waals surface area (Å²) in [6.45, 7) is 1.83. The second-order valence-corrected chi connectivity index (χ2v) is 3.89. The van der Waals surface area contributed by atoms with E-state index in [0.29, 0.717) is 12.3 Å². The van der Waals surface area contributed by atoms with Crippen LogP contribution in [-0.4, -0.2) is 42.4 Å². The summed E-state index contributed by atoms with van der Waals surface area (Å²) in [5.41, 5.74) is 0. The first-order valence-electron chi connectivity index (χ1n) is 4.19. The highest BCUT2D eigenvalue weighted by Crippen LogP contribution is 2.38. The van der Waals surface area contributed by atoms with Crippen LogP contribution in [0.1, 0.15) is 6.42 Å². The highest BCUT2D eigenvalue weighted by molar-refractivity contribution is 4.97. The summed E-state index contributed by atoms with van der Waals surface area (Å²) < 4.78 is 12.9. The first kappa shape index (κ1) is 7.50. The van der Waals surface area contributed by atoms with Crippen molar-refractivity contribution in [3.05, 3.63) is 0 Å². The number of alkyl halides is 1. The van der Waals surface area contributed by atoms with E-state index in [4.69, 9.17) is 0 Å². The number of rotatable bonds is 0. The molecule has 3 heteroatoms. The molecule has 1 heterocycles. The Morgan fingerprint density at radius 2 is 2.18 bits per heavy atom. The third-order valence-electron chi connectivity index (χ3n) is 3.01. The molecule has 64 valence electrons. The SMILES string of the molecule is CN1C[C@@H]2C[C@@H](F)[C@H](O)[C@@H]2C1. The fourth-order valence-electron chi connectivity index (χ4n) is 2.45. The van der Waals surface area contributed by atoms with E-state index in [9.17, 15) is 9.50 Å². The highest BCUT2D eigenvalue weighted by atomic mass is 19.1. The molecule has 4 atom stereocenters. The molecule has 2 nitrogen and oxygen atoms in total. The number of hydrogen-bond acceptors (Lipinski definition) is 2. The predicted octanol–water partition coefficient (Wildman–Crippen LogP) is 0.267. The molecular weight excluding hydrogens is 145 g/mol. The van der Waals surface area contributed by atoms with Gasteiger partial charge in [-0.3, -0.25) is 0 Å². The summed E-state index contributed by atoms with van der Waals surface area (Å²) >= 11 is 0. The third kappa shape index (κ3) is 1.07. The lowest BCUT2D eigenvalue weighted by molar-refractivity contribution is 0.0656. The number of aliphatic hydroxyl groups excluding tert-OH is 1. The quantitative estimate of drug-likeness (QED) is 0.548. The fraction of sp³-hybridized carbons (Fsp3) is 1.00. The van der Waals surface area contributed by atoms with Gasteiger partial charge in [-0.25, -0.2) is 4.39 Å². The Bertz CT molecular complexity index is 164. The van der Waals surface area contributed by atoms with Crippen molar-refractivity contribution in [3.63, 3.8) is 0 Å². The molecule has 0 spiro atoms. The van der Waals surface area contributed by atoms with Gasteiger partial charge in [0.2, 0.25) is 0 Å². The smallest absolute Gasteiger partial charge is 0.127 e. The van der Waals surface area contributed by atoms with Crippen molar-refractivity contribution < 1.29 is 9.50 Å². The van der Waals surface area contributed by atoms with Crippen LogP contribution in [0.15, 0.2) is 0 Å². The Balaban J connectivity index is 2.07. The molecule has 0 unspecified atom stereocenters. The van der Waals surface area contributed by atoms with Gasteiger partial charge in [-0.1, -0.05) is 0 Å². The van der Waals surface area contributed by atoms with E-state index in [1.165, 1.54) is 0 Å². The molecule has 1 N–H and O–H groups in total. The number of aliphatic hydroxyl groups is 1. The highest BCUT2D eigenvalue weighted by Gasteiger charge is 2.46. The summed E-state index contributed by atoms with van der Waals surface area (Å²) in [5, 5.41) is 9.38. The largest absolute Gasteiger partial charge is 0.390 e. The van der Waals surface area contributed by atoms with Crippen LogP contribution in [0, 0.1) is 11.8 Å². The number of hydrogen-bond donors (Lipinski definition) is 1. The zero-order valence-corrected chi connectivity index (χ0v) is 6.70. The van der Waals surface area contributed by atoms with Crippen molar-refractivity contribution in [2.45, 2.75) is 18.7 Å². The van der Waals surface area contributed by atoms with Crippen LogP contribution in [0.4, 0.5) is 4.39 Å². The van der Waals surface area contributed by atoms with Crippen molar-refractivity contribution in [1.82, 2.24) is 4.90 Å². The molecule has 2 aliphatic rings. The zero-order valence-electron chi connectivity index (χ0n) is 6.70. The van der Waals surface area contributed by atoms with E-state index >= 15 is 0 Å². The normalized spacial score (nSPS) is 51.5. The minimum Gasteiger partial charge on any atom is -0.390 e. The molecule has 0 aromatic rings. The van der Waals surface area contributed by atoms with Crippen molar-refractivity contribution in [3.8, 4) is 0 Å². The second kappa shape index (κ2) is 2.42. The van der Waals surface area contributed by atoms with Gasteiger partial charge in [0, 0.05) is 19.0 Å². The molecule has 2 rings (SSSR count). The maximum Gasteiger partial charge on any atom is 0.127 e. The van der Waals surface area contributed by atoms with E-state index in [1.807, 2.05) is 7.05 Å². The second-order valence-electron chi connectivity index (χ2n) is 3.89. The molecule has 0 aromatic carbocycles. The molecule has 0 radical (unpaired) electrons. The number of fused-ring (bicyclic) bond motifs is 1. The molecule has 0 aromatic heterocycles. The van der Waals surface area contributed by atoms with Gasteiger partial charge in [0.25, 0.3) is 0 Å². The molecule has 1 saturated heterocycles. The lowest BCUT2D eigenvalue weighted by Crippen LogP contribution is -2.27. The average Bonchev–Trinajstić information content (AvgIpc) is 2.37. The Kier molecular flexibility index (Phi) is 1.65. The molecule has 0 amide bonds. The van der Waals surface area contributed by atoms with E-state index in [1.54, 1.807) is 0 Å². The summed E-state index contributed by atoms with van der Waals surface area (Å²) in [5.74, 6) is 0.611. The Hall–Kier alpha value is -0.150. The molecule has 1 saturated carbocycles. The zero-order chi connectivity index (χ0) is 8.01. The molecule has 11 heavy (non-hydrogen) atoms. The maximum absolute atomic E-state index is 12.9. The van der Waals surface area contributed by atoms with E-state index < -0.39 is 12.3 Å². The van der Waals surface area contributed by atoms with E-state index in [2.05, 4.69) is 4.90 Å². The monoisotopic (exact) mass is 159 g/mol. The number of nitrogens with zero attached hydrogens (tertiary/aromatic N) is 1. The van der Waals surface area contributed by atoms with Crippen LogP contribution in [0.25, 0.3) is 0 Å². The topological polar surface area (TPSA) is 23.5 Å². The van der Waals surface area contributed by atoms with Crippen molar-refractivity contribution in [2.75, 3.05) is 20.1 Å². The Morgan fingerprint density at radius 1 is 1.45 bits per heavy atom. The van der Waals surface area contributed by atoms with Crippen LogP contribution in [-0.2, 0) is 0 Å². The van der Waals surface area contributed by atoms with Crippen LogP contribution in [0.5, 0.6) is 0 Å². The summed E-state index contributed by atoms with van der Waals surface area (Å²) in [4.78, 5) is 2.17. The van der Waals surface area contributed by atoms with Crippen molar-refractivity contribution >= 4 is 0 Å². The van der Waals surface area contributed by atoms with Gasteiger partial charge in [0.1, 0.15) is 6.17 Å². The van der Waals surface area contributed by atoms with E-state index in [0.717, 1.165) is 13.1 Å². The summed E-state index contributed by atoms with van der Waals surface area (Å²) in [7, 11) is 2.03. The summed E-state index contributed by atoms with van der Waals surface area (Å²) in [6, 6.07) is 0. The van der Waals surface area contributed by atoms with Gasteiger partial charge >= 0.3 is 0 Å². The average molecular weight is 159 g/mol. The van der Waals surface area contributed by atoms with Crippen molar-refractivity contribution in [1.29, 1.82) is 0 Å². The lowest BCUT2D eigenvalue weighted by atomic mass is 10.00.